The van der Waals surface area contributed by atoms with Gasteiger partial charge in [0.05, 0.1) is 10.9 Å². The Hall–Kier alpha value is -2.74. The van der Waals surface area contributed by atoms with Crippen molar-refractivity contribution in [2.45, 2.75) is 24.3 Å². The van der Waals surface area contributed by atoms with E-state index in [0.29, 0.717) is 12.0 Å². The first-order valence-electron chi connectivity index (χ1n) is 7.75. The third-order valence-corrected chi connectivity index (χ3v) is 4.48. The summed E-state index contributed by atoms with van der Waals surface area (Å²) < 4.78 is 32.1. The molecule has 0 fully saturated rings. The number of aryl methyl sites for hydroxylation is 1. The molecule has 5 nitrogen and oxygen atoms in total. The van der Waals surface area contributed by atoms with Gasteiger partial charge < -0.3 is 9.73 Å². The highest BCUT2D eigenvalue weighted by Crippen LogP contribution is 2.27. The van der Waals surface area contributed by atoms with Crippen LogP contribution in [0.4, 0.5) is 14.5 Å². The average molecular weight is 375 g/mol. The zero-order valence-electron chi connectivity index (χ0n) is 14.0. The maximum absolute atomic E-state index is 13.6. The van der Waals surface area contributed by atoms with Crippen LogP contribution in [-0.4, -0.2) is 21.4 Å². The summed E-state index contributed by atoms with van der Waals surface area (Å²) in [6.07, 6.45) is 0. The Morgan fingerprint density at radius 3 is 2.58 bits per heavy atom. The van der Waals surface area contributed by atoms with Crippen LogP contribution in [0.15, 0.2) is 52.1 Å². The van der Waals surface area contributed by atoms with Crippen molar-refractivity contribution in [1.29, 1.82) is 0 Å². The second-order valence-electron chi connectivity index (χ2n) is 5.61. The topological polar surface area (TPSA) is 68.0 Å². The van der Waals surface area contributed by atoms with Crippen LogP contribution in [0.25, 0.3) is 11.5 Å². The number of hydrogen-bond donors (Lipinski definition) is 1. The van der Waals surface area contributed by atoms with Gasteiger partial charge in [0, 0.05) is 11.6 Å². The fraction of sp³-hybridized carbons (Fsp3) is 0.167. The molecule has 0 radical (unpaired) electrons. The second-order valence-corrected chi connectivity index (χ2v) is 6.90. The molecule has 0 saturated heterocycles. The molecule has 1 N–H and O–H groups in total. The molecule has 0 saturated carbocycles. The lowest BCUT2D eigenvalue weighted by Gasteiger charge is -2.10. The SMILES string of the molecule is Cc1ccc(-c2nnc(S[C@H](C)C(=O)Nc3ccc(F)cc3F)o2)cc1. The summed E-state index contributed by atoms with van der Waals surface area (Å²) in [6.45, 7) is 3.60. The first kappa shape index (κ1) is 18.1. The predicted octanol–water partition coefficient (Wildman–Crippen LogP) is 4.44. The number of hydrogen-bond acceptors (Lipinski definition) is 5. The van der Waals surface area contributed by atoms with E-state index in [0.717, 1.165) is 29.0 Å². The summed E-state index contributed by atoms with van der Waals surface area (Å²) in [4.78, 5) is 12.2. The van der Waals surface area contributed by atoms with Gasteiger partial charge in [0.15, 0.2) is 0 Å². The molecule has 0 aliphatic carbocycles. The van der Waals surface area contributed by atoms with E-state index >= 15 is 0 Å². The summed E-state index contributed by atoms with van der Waals surface area (Å²) in [6, 6.07) is 10.5. The Labute approximate surface area is 152 Å². The van der Waals surface area contributed by atoms with Crippen molar-refractivity contribution in [1.82, 2.24) is 10.2 Å². The lowest BCUT2D eigenvalue weighted by molar-refractivity contribution is -0.115. The number of carbonyl (C=O) groups excluding carboxylic acids is 1. The second kappa shape index (κ2) is 7.65. The molecule has 26 heavy (non-hydrogen) atoms. The Kier molecular flexibility index (Phi) is 5.32. The van der Waals surface area contributed by atoms with Crippen molar-refractivity contribution in [3.63, 3.8) is 0 Å². The Bertz CT molecular complexity index is 928. The number of amides is 1. The molecule has 0 aliphatic heterocycles. The monoisotopic (exact) mass is 375 g/mol. The number of carbonyl (C=O) groups is 1. The molecular formula is C18H15F2N3O2S. The van der Waals surface area contributed by atoms with Gasteiger partial charge in [-0.05, 0) is 38.1 Å². The molecule has 0 bridgehead atoms. The maximum atomic E-state index is 13.6. The van der Waals surface area contributed by atoms with Crippen LogP contribution in [0, 0.1) is 18.6 Å². The minimum Gasteiger partial charge on any atom is -0.411 e. The highest BCUT2D eigenvalue weighted by molar-refractivity contribution is 8.00. The number of nitrogens with one attached hydrogen (secondary N) is 1. The van der Waals surface area contributed by atoms with Crippen LogP contribution in [0.2, 0.25) is 0 Å². The number of aromatic nitrogens is 2. The highest BCUT2D eigenvalue weighted by atomic mass is 32.2. The number of benzene rings is 2. The van der Waals surface area contributed by atoms with Crippen molar-refractivity contribution in [3.05, 3.63) is 59.7 Å². The van der Waals surface area contributed by atoms with Crippen molar-refractivity contribution in [2.75, 3.05) is 5.32 Å². The molecule has 1 aromatic heterocycles. The van der Waals surface area contributed by atoms with Gasteiger partial charge in [-0.3, -0.25) is 4.79 Å². The van der Waals surface area contributed by atoms with Gasteiger partial charge in [-0.2, -0.15) is 0 Å². The van der Waals surface area contributed by atoms with Crippen LogP contribution in [0.3, 0.4) is 0 Å². The van der Waals surface area contributed by atoms with E-state index in [9.17, 15) is 13.6 Å². The highest BCUT2D eigenvalue weighted by Gasteiger charge is 2.20. The van der Waals surface area contributed by atoms with E-state index in [4.69, 9.17) is 4.42 Å². The smallest absolute Gasteiger partial charge is 0.277 e. The van der Waals surface area contributed by atoms with Gasteiger partial charge >= 0.3 is 0 Å². The number of rotatable bonds is 5. The molecule has 0 unspecified atom stereocenters. The van der Waals surface area contributed by atoms with E-state index < -0.39 is 22.8 Å². The molecule has 1 atom stereocenters. The fourth-order valence-corrected chi connectivity index (χ4v) is 2.78. The largest absolute Gasteiger partial charge is 0.411 e. The predicted molar refractivity (Wildman–Crippen MR) is 94.8 cm³/mol. The maximum Gasteiger partial charge on any atom is 0.277 e. The molecule has 8 heteroatoms. The van der Waals surface area contributed by atoms with Crippen molar-refractivity contribution in [2.24, 2.45) is 0 Å². The summed E-state index contributed by atoms with van der Waals surface area (Å²) in [5.41, 5.74) is 1.80. The molecule has 0 spiro atoms. The Morgan fingerprint density at radius 1 is 1.15 bits per heavy atom. The zero-order chi connectivity index (χ0) is 18.7. The third kappa shape index (κ3) is 4.26. The van der Waals surface area contributed by atoms with Crippen molar-refractivity contribution < 1.29 is 18.0 Å². The zero-order valence-corrected chi connectivity index (χ0v) is 14.8. The number of anilines is 1. The van der Waals surface area contributed by atoms with E-state index in [-0.39, 0.29) is 10.9 Å². The first-order chi connectivity index (χ1) is 12.4. The third-order valence-electron chi connectivity index (χ3n) is 3.54. The average Bonchev–Trinajstić information content (AvgIpc) is 3.06. The van der Waals surface area contributed by atoms with Gasteiger partial charge in [-0.25, -0.2) is 8.78 Å². The van der Waals surface area contributed by atoms with Crippen LogP contribution in [0.1, 0.15) is 12.5 Å². The van der Waals surface area contributed by atoms with Crippen LogP contribution in [-0.2, 0) is 4.79 Å². The first-order valence-corrected chi connectivity index (χ1v) is 8.63. The van der Waals surface area contributed by atoms with Crippen LogP contribution >= 0.6 is 11.8 Å². The summed E-state index contributed by atoms with van der Waals surface area (Å²) in [7, 11) is 0. The molecule has 1 heterocycles. The van der Waals surface area contributed by atoms with E-state index in [1.54, 1.807) is 6.92 Å². The molecule has 0 aliphatic rings. The van der Waals surface area contributed by atoms with Crippen molar-refractivity contribution >= 4 is 23.4 Å². The van der Waals surface area contributed by atoms with E-state index in [1.165, 1.54) is 6.07 Å². The lowest BCUT2D eigenvalue weighted by atomic mass is 10.1. The van der Waals surface area contributed by atoms with Gasteiger partial charge in [0.25, 0.3) is 5.22 Å². The number of thioether (sulfide) groups is 1. The molecule has 1 amide bonds. The Morgan fingerprint density at radius 2 is 1.88 bits per heavy atom. The minimum atomic E-state index is -0.838. The van der Waals surface area contributed by atoms with Crippen LogP contribution < -0.4 is 5.32 Å². The van der Waals surface area contributed by atoms with Gasteiger partial charge in [0.2, 0.25) is 11.8 Å². The van der Waals surface area contributed by atoms with E-state index in [1.807, 2.05) is 31.2 Å². The molecule has 134 valence electrons. The molecule has 2 aromatic carbocycles. The van der Waals surface area contributed by atoms with E-state index in [2.05, 4.69) is 15.5 Å². The molecule has 3 rings (SSSR count). The molecular weight excluding hydrogens is 360 g/mol. The lowest BCUT2D eigenvalue weighted by Crippen LogP contribution is -2.23. The standard InChI is InChI=1S/C18H15F2N3O2S/c1-10-3-5-12(6-4-10)17-22-23-18(25-17)26-11(2)16(24)21-15-8-7-13(19)9-14(15)20/h3-9,11H,1-2H3,(H,21,24)/t11-/m1/s1. The number of halogens is 2. The minimum absolute atomic E-state index is 0.0882. The summed E-state index contributed by atoms with van der Waals surface area (Å²) >= 11 is 1.05. The summed E-state index contributed by atoms with van der Waals surface area (Å²) in [5.74, 6) is -1.66. The Balaban J connectivity index is 1.65. The van der Waals surface area contributed by atoms with Crippen molar-refractivity contribution in [3.8, 4) is 11.5 Å². The summed E-state index contributed by atoms with van der Waals surface area (Å²) in [5, 5.41) is 9.90. The van der Waals surface area contributed by atoms with Gasteiger partial charge in [-0.1, -0.05) is 29.5 Å². The van der Waals surface area contributed by atoms with Crippen LogP contribution in [0.5, 0.6) is 0 Å². The van der Waals surface area contributed by atoms with Gasteiger partial charge in [-0.15, -0.1) is 10.2 Å². The fourth-order valence-electron chi connectivity index (χ4n) is 2.10. The quantitative estimate of drug-likeness (QED) is 0.668. The van der Waals surface area contributed by atoms with Gasteiger partial charge in [0.1, 0.15) is 11.6 Å². The number of nitrogens with zero attached hydrogens (tertiary/aromatic N) is 2. The normalized spacial score (nSPS) is 12.0. The molecule has 3 aromatic rings.